The molecule has 0 spiro atoms. The third-order valence-electron chi connectivity index (χ3n) is 1.74. The third-order valence-corrected chi connectivity index (χ3v) is 2.59. The molecule has 1 aliphatic rings. The van der Waals surface area contributed by atoms with Gasteiger partial charge in [0.25, 0.3) is 10.1 Å². The van der Waals surface area contributed by atoms with Crippen LogP contribution in [0, 0.1) is 0 Å². The highest BCUT2D eigenvalue weighted by atomic mass is 32.2. The minimum absolute atomic E-state index is 0.146. The number of hydrogen-bond acceptors (Lipinski definition) is 2. The predicted molar refractivity (Wildman–Crippen MR) is 60.8 cm³/mol. The van der Waals surface area contributed by atoms with Gasteiger partial charge in [-0.2, -0.15) is 8.42 Å². The zero-order valence-corrected chi connectivity index (χ0v) is 8.94. The normalized spacial score (nSPS) is 27.5. The minimum atomic E-state index is -4.17. The molecule has 0 aromatic rings. The van der Waals surface area contributed by atoms with Crippen molar-refractivity contribution in [1.29, 1.82) is 0 Å². The zero-order chi connectivity index (χ0) is 11.3. The maximum atomic E-state index is 10.9. The maximum absolute atomic E-state index is 10.9. The van der Waals surface area contributed by atoms with Gasteiger partial charge in [0, 0.05) is 0 Å². The molecule has 1 aliphatic carbocycles. The molecule has 0 aromatic carbocycles. The molecular weight excluding hydrogens is 212 g/mol. The van der Waals surface area contributed by atoms with Gasteiger partial charge in [-0.1, -0.05) is 37.0 Å². The fraction of sp³-hybridized carbons (Fsp3) is 0.0909. The Kier molecular flexibility index (Phi) is 3.82. The molecule has 0 amide bonds. The average Bonchev–Trinajstić information content (AvgIpc) is 2.13. The largest absolute Gasteiger partial charge is 0.294 e. The molecular formula is C11H12O3S. The zero-order valence-electron chi connectivity index (χ0n) is 8.13. The number of allylic oxidation sites excluding steroid dienone is 8. The summed E-state index contributed by atoms with van der Waals surface area (Å²) >= 11 is 0. The first kappa shape index (κ1) is 11.7. The first-order chi connectivity index (χ1) is 7.00. The van der Waals surface area contributed by atoms with Crippen LogP contribution in [0.25, 0.3) is 0 Å². The van der Waals surface area contributed by atoms with Crippen LogP contribution in [0.2, 0.25) is 0 Å². The van der Waals surface area contributed by atoms with Crippen LogP contribution >= 0.6 is 0 Å². The van der Waals surface area contributed by atoms with Crippen LogP contribution < -0.4 is 0 Å². The van der Waals surface area contributed by atoms with E-state index < -0.39 is 10.1 Å². The second-order valence-corrected chi connectivity index (χ2v) is 4.44. The van der Waals surface area contributed by atoms with E-state index in [0.29, 0.717) is 12.0 Å². The predicted octanol–water partition coefficient (Wildman–Crippen LogP) is 2.39. The van der Waals surface area contributed by atoms with Crippen LogP contribution in [0.1, 0.15) is 6.42 Å². The number of hydrogen-bond donors (Lipinski definition) is 1. The van der Waals surface area contributed by atoms with Crippen LogP contribution in [-0.4, -0.2) is 13.0 Å². The first-order valence-electron chi connectivity index (χ1n) is 4.38. The van der Waals surface area contributed by atoms with Crippen molar-refractivity contribution < 1.29 is 13.0 Å². The highest BCUT2D eigenvalue weighted by molar-refractivity contribution is 7.90. The van der Waals surface area contributed by atoms with E-state index in [2.05, 4.69) is 6.58 Å². The Morgan fingerprint density at radius 2 is 1.93 bits per heavy atom. The van der Waals surface area contributed by atoms with Crippen molar-refractivity contribution in [2.24, 2.45) is 0 Å². The molecule has 0 aromatic heterocycles. The molecule has 80 valence electrons. The molecule has 0 aliphatic heterocycles. The lowest BCUT2D eigenvalue weighted by Gasteiger charge is -1.99. The molecule has 0 saturated heterocycles. The van der Waals surface area contributed by atoms with Crippen molar-refractivity contribution >= 4 is 10.1 Å². The maximum Gasteiger partial charge on any atom is 0.294 e. The van der Waals surface area contributed by atoms with Crippen LogP contribution in [0.4, 0.5) is 0 Å². The quantitative estimate of drug-likeness (QED) is 0.696. The van der Waals surface area contributed by atoms with E-state index >= 15 is 0 Å². The van der Waals surface area contributed by atoms with Gasteiger partial charge in [0.15, 0.2) is 0 Å². The second-order valence-electron chi connectivity index (χ2n) is 3.02. The van der Waals surface area contributed by atoms with Crippen molar-refractivity contribution in [3.8, 4) is 0 Å². The van der Waals surface area contributed by atoms with Gasteiger partial charge in [-0.05, 0) is 24.1 Å². The van der Waals surface area contributed by atoms with E-state index in [9.17, 15) is 8.42 Å². The van der Waals surface area contributed by atoms with E-state index in [1.165, 1.54) is 12.2 Å². The minimum Gasteiger partial charge on any atom is -0.282 e. The molecule has 4 heteroatoms. The molecule has 0 atom stereocenters. The second kappa shape index (κ2) is 4.91. The van der Waals surface area contributed by atoms with Crippen molar-refractivity contribution in [3.63, 3.8) is 0 Å². The van der Waals surface area contributed by atoms with Crippen LogP contribution in [0.5, 0.6) is 0 Å². The van der Waals surface area contributed by atoms with Gasteiger partial charge in [-0.15, -0.1) is 0 Å². The van der Waals surface area contributed by atoms with Crippen LogP contribution in [0.3, 0.4) is 0 Å². The molecule has 0 radical (unpaired) electrons. The van der Waals surface area contributed by atoms with Gasteiger partial charge in [0.1, 0.15) is 0 Å². The summed E-state index contributed by atoms with van der Waals surface area (Å²) in [7, 11) is -4.17. The van der Waals surface area contributed by atoms with Gasteiger partial charge in [0.05, 0.1) is 4.91 Å². The Morgan fingerprint density at radius 1 is 1.20 bits per heavy atom. The summed E-state index contributed by atoms with van der Waals surface area (Å²) in [6, 6.07) is 0. The van der Waals surface area contributed by atoms with E-state index in [4.69, 9.17) is 4.55 Å². The highest BCUT2D eigenvalue weighted by Crippen LogP contribution is 2.12. The Bertz CT molecular complexity index is 462. The van der Waals surface area contributed by atoms with E-state index in [-0.39, 0.29) is 4.91 Å². The van der Waals surface area contributed by atoms with E-state index in [1.54, 1.807) is 18.2 Å². The third kappa shape index (κ3) is 4.10. The van der Waals surface area contributed by atoms with Crippen molar-refractivity contribution in [1.82, 2.24) is 0 Å². The van der Waals surface area contributed by atoms with Crippen molar-refractivity contribution in [2.75, 3.05) is 0 Å². The summed E-state index contributed by atoms with van der Waals surface area (Å²) in [5.74, 6) is 0. The van der Waals surface area contributed by atoms with E-state index in [0.717, 1.165) is 0 Å². The first-order valence-corrected chi connectivity index (χ1v) is 5.82. The summed E-state index contributed by atoms with van der Waals surface area (Å²) < 4.78 is 30.8. The summed E-state index contributed by atoms with van der Waals surface area (Å²) in [6.07, 6.45) is 12.1. The van der Waals surface area contributed by atoms with Gasteiger partial charge in [-0.25, -0.2) is 0 Å². The lowest BCUT2D eigenvalue weighted by molar-refractivity contribution is 0.492. The Hall–Kier alpha value is -1.39. The van der Waals surface area contributed by atoms with Crippen LogP contribution in [-0.2, 0) is 10.1 Å². The fourth-order valence-corrected chi connectivity index (χ4v) is 1.61. The molecule has 3 nitrogen and oxygen atoms in total. The summed E-state index contributed by atoms with van der Waals surface area (Å²) in [4.78, 5) is -0.146. The summed E-state index contributed by atoms with van der Waals surface area (Å²) in [5, 5.41) is 0. The van der Waals surface area contributed by atoms with Gasteiger partial charge >= 0.3 is 0 Å². The molecule has 1 N–H and O–H groups in total. The topological polar surface area (TPSA) is 54.4 Å². The average molecular weight is 224 g/mol. The standard InChI is InChI=1S/C11H12O3S/c1-10-7-5-3-2-4-6-8-11(9-10)15(12,13)14/h2-3,5-9H,1,4H2,(H,12,13,14)/b3-2-,7-5-,8-6-,11-9+. The van der Waals surface area contributed by atoms with Gasteiger partial charge in [0.2, 0.25) is 0 Å². The lowest BCUT2D eigenvalue weighted by atomic mass is 10.2. The lowest BCUT2D eigenvalue weighted by Crippen LogP contribution is -1.99. The fourth-order valence-electron chi connectivity index (χ4n) is 1.04. The Labute approximate surface area is 89.6 Å². The SMILES string of the molecule is C=C1/C=C\C=C/C/C=C\C(S(=O)(=O)O)=C/1. The highest BCUT2D eigenvalue weighted by Gasteiger charge is 2.09. The molecule has 0 unspecified atom stereocenters. The smallest absolute Gasteiger partial charge is 0.282 e. The summed E-state index contributed by atoms with van der Waals surface area (Å²) in [5.41, 5.74) is 0.513. The van der Waals surface area contributed by atoms with Crippen LogP contribution in [0.15, 0.2) is 59.6 Å². The molecule has 0 bridgehead atoms. The molecule has 1 rings (SSSR count). The molecule has 0 saturated carbocycles. The van der Waals surface area contributed by atoms with Crippen molar-refractivity contribution in [2.45, 2.75) is 6.42 Å². The van der Waals surface area contributed by atoms with Gasteiger partial charge < -0.3 is 0 Å². The molecule has 0 fully saturated rings. The van der Waals surface area contributed by atoms with Gasteiger partial charge in [-0.3, -0.25) is 4.55 Å². The monoisotopic (exact) mass is 224 g/mol. The Balaban J connectivity index is 3.13. The molecule has 0 heterocycles. The molecule has 15 heavy (non-hydrogen) atoms. The van der Waals surface area contributed by atoms with Crippen molar-refractivity contribution in [3.05, 3.63) is 59.6 Å². The number of rotatable bonds is 1. The summed E-state index contributed by atoms with van der Waals surface area (Å²) in [6.45, 7) is 3.65. The van der Waals surface area contributed by atoms with E-state index in [1.807, 2.05) is 12.2 Å². The Morgan fingerprint density at radius 3 is 2.60 bits per heavy atom.